The van der Waals surface area contributed by atoms with Crippen LogP contribution in [0.25, 0.3) is 0 Å². The molecular formula is C18H21N3O2. The number of hydrogen-bond acceptors (Lipinski definition) is 3. The van der Waals surface area contributed by atoms with E-state index in [1.165, 1.54) is 0 Å². The minimum absolute atomic E-state index is 0.0829. The van der Waals surface area contributed by atoms with Crippen molar-refractivity contribution in [2.75, 3.05) is 6.54 Å². The minimum Gasteiger partial charge on any atom is -0.446 e. The predicted octanol–water partition coefficient (Wildman–Crippen LogP) is 3.44. The van der Waals surface area contributed by atoms with Gasteiger partial charge in [0.2, 0.25) is 0 Å². The zero-order valence-electron chi connectivity index (χ0n) is 13.1. The van der Waals surface area contributed by atoms with E-state index in [2.05, 4.69) is 9.97 Å². The third-order valence-corrected chi connectivity index (χ3v) is 4.84. The highest BCUT2D eigenvalue weighted by Gasteiger charge is 2.36. The van der Waals surface area contributed by atoms with Crippen LogP contribution in [-0.2, 0) is 11.2 Å². The number of nitrogens with zero attached hydrogens (tertiary/aromatic N) is 2. The number of rotatable bonds is 2. The summed E-state index contributed by atoms with van der Waals surface area (Å²) >= 11 is 0. The number of carbonyl (C=O) groups is 1. The van der Waals surface area contributed by atoms with E-state index < -0.39 is 0 Å². The van der Waals surface area contributed by atoms with Crippen LogP contribution in [0, 0.1) is 0 Å². The zero-order chi connectivity index (χ0) is 15.6. The molecule has 5 nitrogen and oxygen atoms in total. The van der Waals surface area contributed by atoms with Gasteiger partial charge < -0.3 is 9.72 Å². The average Bonchev–Trinajstić information content (AvgIpc) is 3.25. The Hall–Kier alpha value is -2.30. The summed E-state index contributed by atoms with van der Waals surface area (Å²) in [6.07, 6.45) is 6.67. The Labute approximate surface area is 135 Å². The Morgan fingerprint density at radius 2 is 2.00 bits per heavy atom. The fourth-order valence-corrected chi connectivity index (χ4v) is 3.66. The van der Waals surface area contributed by atoms with Crippen LogP contribution in [0.3, 0.4) is 0 Å². The molecule has 5 heteroatoms. The lowest BCUT2D eigenvalue weighted by atomic mass is 9.96. The summed E-state index contributed by atoms with van der Waals surface area (Å²) in [5.74, 6) is 0. The van der Waals surface area contributed by atoms with Crippen molar-refractivity contribution in [3.63, 3.8) is 0 Å². The van der Waals surface area contributed by atoms with Crippen molar-refractivity contribution >= 4 is 6.09 Å². The summed E-state index contributed by atoms with van der Waals surface area (Å²) in [5, 5.41) is 0. The quantitative estimate of drug-likeness (QED) is 0.924. The van der Waals surface area contributed by atoms with E-state index >= 15 is 0 Å². The molecule has 0 spiro atoms. The van der Waals surface area contributed by atoms with Crippen LogP contribution in [-0.4, -0.2) is 33.6 Å². The summed E-state index contributed by atoms with van der Waals surface area (Å²) in [4.78, 5) is 22.2. The van der Waals surface area contributed by atoms with Crippen molar-refractivity contribution in [3.8, 4) is 0 Å². The van der Waals surface area contributed by atoms with Gasteiger partial charge in [0, 0.05) is 18.7 Å². The lowest BCUT2D eigenvalue weighted by Gasteiger charge is -2.35. The molecule has 2 heterocycles. The van der Waals surface area contributed by atoms with E-state index in [9.17, 15) is 4.79 Å². The smallest absolute Gasteiger partial charge is 0.410 e. The SMILES string of the molecule is O=C(OC1CCCC1)N1CCc2[nH]cnc2C1c1ccccc1. The normalized spacial score (nSPS) is 21.2. The second-order valence-corrected chi connectivity index (χ2v) is 6.31. The number of H-pyrrole nitrogens is 1. The van der Waals surface area contributed by atoms with E-state index in [0.717, 1.165) is 49.1 Å². The Morgan fingerprint density at radius 3 is 2.78 bits per heavy atom. The molecule has 1 atom stereocenters. The first kappa shape index (κ1) is 14.3. The first-order valence-corrected chi connectivity index (χ1v) is 8.37. The van der Waals surface area contributed by atoms with Crippen LogP contribution < -0.4 is 0 Å². The topological polar surface area (TPSA) is 58.2 Å². The Kier molecular flexibility index (Phi) is 3.77. The van der Waals surface area contributed by atoms with Gasteiger partial charge >= 0.3 is 6.09 Å². The second kappa shape index (κ2) is 6.07. The summed E-state index contributed by atoms with van der Waals surface area (Å²) < 4.78 is 5.74. The molecule has 23 heavy (non-hydrogen) atoms. The van der Waals surface area contributed by atoms with Gasteiger partial charge in [-0.15, -0.1) is 0 Å². The zero-order valence-corrected chi connectivity index (χ0v) is 13.1. The molecule has 2 aliphatic rings. The standard InChI is InChI=1S/C18H21N3O2/c22-18(23-14-8-4-5-9-14)21-11-10-15-16(20-12-19-15)17(21)13-6-2-1-3-7-13/h1-3,6-7,12,14,17H,4-5,8-11H2,(H,19,20). The van der Waals surface area contributed by atoms with Gasteiger partial charge in [-0.3, -0.25) is 4.90 Å². The highest BCUT2D eigenvalue weighted by Crippen LogP contribution is 2.34. The molecule has 1 aromatic heterocycles. The molecular weight excluding hydrogens is 290 g/mol. The van der Waals surface area contributed by atoms with Crippen molar-refractivity contribution < 1.29 is 9.53 Å². The van der Waals surface area contributed by atoms with Crippen molar-refractivity contribution in [2.45, 2.75) is 44.2 Å². The maximum Gasteiger partial charge on any atom is 0.410 e. The Morgan fingerprint density at radius 1 is 1.22 bits per heavy atom. The number of hydrogen-bond donors (Lipinski definition) is 1. The van der Waals surface area contributed by atoms with E-state index in [1.807, 2.05) is 35.2 Å². The van der Waals surface area contributed by atoms with Crippen molar-refractivity contribution in [1.29, 1.82) is 0 Å². The van der Waals surface area contributed by atoms with Gasteiger partial charge in [-0.1, -0.05) is 30.3 Å². The predicted molar refractivity (Wildman–Crippen MR) is 86.0 cm³/mol. The van der Waals surface area contributed by atoms with Crippen molar-refractivity contribution in [1.82, 2.24) is 14.9 Å². The molecule has 0 bridgehead atoms. The van der Waals surface area contributed by atoms with Gasteiger partial charge in [0.15, 0.2) is 0 Å². The number of aromatic amines is 1. The highest BCUT2D eigenvalue weighted by molar-refractivity contribution is 5.70. The molecule has 0 saturated heterocycles. The van der Waals surface area contributed by atoms with Gasteiger partial charge in [-0.2, -0.15) is 0 Å². The molecule has 1 N–H and O–H groups in total. The summed E-state index contributed by atoms with van der Waals surface area (Å²) in [7, 11) is 0. The molecule has 4 rings (SSSR count). The van der Waals surface area contributed by atoms with Crippen LogP contribution in [0.5, 0.6) is 0 Å². The first-order chi connectivity index (χ1) is 11.3. The number of imidazole rings is 1. The highest BCUT2D eigenvalue weighted by atomic mass is 16.6. The number of carbonyl (C=O) groups excluding carboxylic acids is 1. The molecule has 1 fully saturated rings. The molecule has 0 radical (unpaired) electrons. The monoisotopic (exact) mass is 311 g/mol. The van der Waals surface area contributed by atoms with Gasteiger partial charge in [0.05, 0.1) is 12.0 Å². The molecule has 1 amide bonds. The number of aromatic nitrogens is 2. The van der Waals surface area contributed by atoms with E-state index in [-0.39, 0.29) is 18.2 Å². The van der Waals surface area contributed by atoms with Gasteiger partial charge in [-0.25, -0.2) is 9.78 Å². The lowest BCUT2D eigenvalue weighted by Crippen LogP contribution is -2.42. The number of nitrogens with one attached hydrogen (secondary N) is 1. The number of benzene rings is 1. The fourth-order valence-electron chi connectivity index (χ4n) is 3.66. The second-order valence-electron chi connectivity index (χ2n) is 6.31. The number of ether oxygens (including phenoxy) is 1. The maximum atomic E-state index is 12.7. The lowest BCUT2D eigenvalue weighted by molar-refractivity contribution is 0.0549. The van der Waals surface area contributed by atoms with Crippen LogP contribution in [0.4, 0.5) is 4.79 Å². The molecule has 1 aromatic carbocycles. The number of amides is 1. The molecule has 1 saturated carbocycles. The summed E-state index contributed by atoms with van der Waals surface area (Å²) in [6, 6.07) is 9.90. The fraction of sp³-hybridized carbons (Fsp3) is 0.444. The largest absolute Gasteiger partial charge is 0.446 e. The van der Waals surface area contributed by atoms with Crippen molar-refractivity contribution in [3.05, 3.63) is 53.6 Å². The van der Waals surface area contributed by atoms with E-state index in [0.29, 0.717) is 6.54 Å². The van der Waals surface area contributed by atoms with E-state index in [1.54, 1.807) is 6.33 Å². The molecule has 2 aromatic rings. The summed E-state index contributed by atoms with van der Waals surface area (Å²) in [5.41, 5.74) is 3.12. The average molecular weight is 311 g/mol. The van der Waals surface area contributed by atoms with Crippen LogP contribution >= 0.6 is 0 Å². The molecule has 1 aliphatic carbocycles. The first-order valence-electron chi connectivity index (χ1n) is 8.37. The molecule has 120 valence electrons. The van der Waals surface area contributed by atoms with Gasteiger partial charge in [0.25, 0.3) is 0 Å². The summed E-state index contributed by atoms with van der Waals surface area (Å²) in [6.45, 7) is 0.653. The van der Waals surface area contributed by atoms with Crippen LogP contribution in [0.1, 0.15) is 48.7 Å². The third kappa shape index (κ3) is 2.71. The maximum absolute atomic E-state index is 12.7. The molecule has 1 unspecified atom stereocenters. The van der Waals surface area contributed by atoms with Gasteiger partial charge in [-0.05, 0) is 31.2 Å². The van der Waals surface area contributed by atoms with Crippen LogP contribution in [0.2, 0.25) is 0 Å². The van der Waals surface area contributed by atoms with E-state index in [4.69, 9.17) is 4.74 Å². The van der Waals surface area contributed by atoms with Gasteiger partial charge in [0.1, 0.15) is 12.1 Å². The third-order valence-electron chi connectivity index (χ3n) is 4.84. The molecule has 1 aliphatic heterocycles. The number of fused-ring (bicyclic) bond motifs is 1. The van der Waals surface area contributed by atoms with Crippen LogP contribution in [0.15, 0.2) is 36.7 Å². The Bertz CT molecular complexity index is 677. The Balaban J connectivity index is 1.63. The van der Waals surface area contributed by atoms with Crippen molar-refractivity contribution in [2.24, 2.45) is 0 Å². The minimum atomic E-state index is -0.209.